The summed E-state index contributed by atoms with van der Waals surface area (Å²) in [5.74, 6) is -0.198. The van der Waals surface area contributed by atoms with Gasteiger partial charge in [-0.1, -0.05) is 0 Å². The summed E-state index contributed by atoms with van der Waals surface area (Å²) in [5.41, 5.74) is 14.6. The molecule has 0 bridgehead atoms. The summed E-state index contributed by atoms with van der Waals surface area (Å²) in [5, 5.41) is 4.15. The zero-order valence-corrected chi connectivity index (χ0v) is 5.03. The van der Waals surface area contributed by atoms with Gasteiger partial charge in [0.05, 0.1) is 0 Å². The highest BCUT2D eigenvalue weighted by Crippen LogP contribution is 1.78. The number of hydrogen-bond donors (Lipinski definition) is 3. The second-order valence-electron chi connectivity index (χ2n) is 1.39. The third-order valence-electron chi connectivity index (χ3n) is 0.584. The number of rotatable bonds is 1. The lowest BCUT2D eigenvalue weighted by atomic mass is 10.9. The quantitative estimate of drug-likeness (QED) is 0.221. The highest BCUT2D eigenvalue weighted by atomic mass is 16.2. The number of carbonyl (C=O) groups is 1. The van der Waals surface area contributed by atoms with E-state index in [9.17, 15) is 4.79 Å². The molecule has 0 radical (unpaired) electrons. The number of amides is 2. The van der Waals surface area contributed by atoms with Crippen LogP contribution in [0.1, 0.15) is 0 Å². The van der Waals surface area contributed by atoms with Crippen LogP contribution in [0.3, 0.4) is 0 Å². The average Bonchev–Trinajstić information content (AvgIpc) is 1.63. The molecule has 0 aromatic rings. The van der Waals surface area contributed by atoms with Crippen molar-refractivity contribution in [3.63, 3.8) is 0 Å². The van der Waals surface area contributed by atoms with Gasteiger partial charge >= 0.3 is 6.03 Å². The van der Waals surface area contributed by atoms with Gasteiger partial charge in [0.1, 0.15) is 0 Å². The second-order valence-corrected chi connectivity index (χ2v) is 1.39. The van der Waals surface area contributed by atoms with Gasteiger partial charge in [-0.15, -0.1) is 5.10 Å². The summed E-state index contributed by atoms with van der Waals surface area (Å²) in [7, 11) is 1.35. The van der Waals surface area contributed by atoms with E-state index in [0.29, 0.717) is 0 Å². The normalized spacial score (nSPS) is 8.11. The average molecular weight is 131 g/mol. The first-order chi connectivity index (χ1) is 4.04. The van der Waals surface area contributed by atoms with Gasteiger partial charge in [0.25, 0.3) is 0 Å². The lowest BCUT2D eigenvalue weighted by Crippen LogP contribution is -2.33. The van der Waals surface area contributed by atoms with Crippen LogP contribution in [0.4, 0.5) is 4.79 Å². The van der Waals surface area contributed by atoms with Crippen LogP contribution in [-0.2, 0) is 0 Å². The number of urea groups is 1. The number of nitrogens with zero attached hydrogens (tertiary/aromatic N) is 2. The van der Waals surface area contributed by atoms with E-state index in [0.717, 1.165) is 5.01 Å². The second kappa shape index (κ2) is 2.75. The molecule has 0 saturated heterocycles. The third-order valence-corrected chi connectivity index (χ3v) is 0.584. The molecule has 0 rings (SSSR count). The largest absolute Gasteiger partial charge is 0.369 e. The Morgan fingerprint density at radius 1 is 1.44 bits per heavy atom. The highest BCUT2D eigenvalue weighted by molar-refractivity contribution is 5.78. The Balaban J connectivity index is 3.91. The van der Waals surface area contributed by atoms with Crippen LogP contribution in [0.25, 0.3) is 0 Å². The van der Waals surface area contributed by atoms with Gasteiger partial charge < -0.3 is 17.2 Å². The molecular formula is C3H9N5O. The maximum atomic E-state index is 10.2. The van der Waals surface area contributed by atoms with Gasteiger partial charge in [0, 0.05) is 7.05 Å². The predicted molar refractivity (Wildman–Crippen MR) is 33.2 cm³/mol. The fourth-order valence-electron chi connectivity index (χ4n) is 0.222. The van der Waals surface area contributed by atoms with Crippen molar-refractivity contribution in [2.45, 2.75) is 0 Å². The molecule has 0 heterocycles. The first kappa shape index (κ1) is 7.54. The maximum absolute atomic E-state index is 10.2. The van der Waals surface area contributed by atoms with Crippen LogP contribution in [0.2, 0.25) is 0 Å². The van der Waals surface area contributed by atoms with Gasteiger partial charge in [-0.05, 0) is 0 Å². The summed E-state index contributed by atoms with van der Waals surface area (Å²) in [6.45, 7) is 0. The maximum Gasteiger partial charge on any atom is 0.335 e. The Hall–Kier alpha value is -1.46. The first-order valence-corrected chi connectivity index (χ1v) is 2.16. The van der Waals surface area contributed by atoms with E-state index in [-0.39, 0.29) is 5.96 Å². The molecule has 0 aliphatic carbocycles. The van der Waals surface area contributed by atoms with Crippen molar-refractivity contribution < 1.29 is 4.79 Å². The molecule has 6 heteroatoms. The Morgan fingerprint density at radius 2 is 1.89 bits per heavy atom. The zero-order valence-electron chi connectivity index (χ0n) is 5.03. The number of nitrogens with two attached hydrogens (primary N) is 3. The van der Waals surface area contributed by atoms with E-state index in [1.165, 1.54) is 7.05 Å². The Kier molecular flexibility index (Phi) is 2.31. The molecule has 2 amide bonds. The van der Waals surface area contributed by atoms with E-state index in [1.54, 1.807) is 0 Å². The van der Waals surface area contributed by atoms with E-state index in [1.807, 2.05) is 0 Å². The molecule has 0 fully saturated rings. The van der Waals surface area contributed by atoms with Gasteiger partial charge in [-0.2, -0.15) is 0 Å². The van der Waals surface area contributed by atoms with Crippen LogP contribution in [0, 0.1) is 0 Å². The lowest BCUT2D eigenvalue weighted by molar-refractivity contribution is 0.220. The molecule has 9 heavy (non-hydrogen) atoms. The standard InChI is InChI=1S/C3H9N5O/c1-8(3(6)9)7-2(4)5/h1H3,(H2,6,9)(H4,4,5,7). The molecule has 52 valence electrons. The molecule has 0 aromatic carbocycles. The monoisotopic (exact) mass is 131 g/mol. The highest BCUT2D eigenvalue weighted by Gasteiger charge is 1.97. The van der Waals surface area contributed by atoms with Crippen molar-refractivity contribution in [2.75, 3.05) is 7.05 Å². The Labute approximate surface area is 52.3 Å². The minimum Gasteiger partial charge on any atom is -0.369 e. The number of hydrazone groups is 1. The molecule has 0 atom stereocenters. The van der Waals surface area contributed by atoms with E-state index in [4.69, 9.17) is 17.2 Å². The molecule has 0 aliphatic heterocycles. The molecular weight excluding hydrogens is 122 g/mol. The Bertz CT molecular complexity index is 137. The molecule has 0 spiro atoms. The Morgan fingerprint density at radius 3 is 2.00 bits per heavy atom. The van der Waals surface area contributed by atoms with Gasteiger partial charge in [-0.3, -0.25) is 0 Å². The minimum atomic E-state index is -0.705. The SMILES string of the molecule is CN(N=C(N)N)C(N)=O. The fourth-order valence-corrected chi connectivity index (χ4v) is 0.222. The molecule has 6 nitrogen and oxygen atoms in total. The smallest absolute Gasteiger partial charge is 0.335 e. The van der Waals surface area contributed by atoms with Crippen LogP contribution < -0.4 is 17.2 Å². The first-order valence-electron chi connectivity index (χ1n) is 2.16. The van der Waals surface area contributed by atoms with Gasteiger partial charge in [-0.25, -0.2) is 9.80 Å². The number of carbonyl (C=O) groups excluding carboxylic acids is 1. The fraction of sp³-hybridized carbons (Fsp3) is 0.333. The molecule has 6 N–H and O–H groups in total. The van der Waals surface area contributed by atoms with Crippen molar-refractivity contribution in [3.8, 4) is 0 Å². The molecule has 0 aromatic heterocycles. The van der Waals surface area contributed by atoms with Crippen molar-refractivity contribution in [1.82, 2.24) is 5.01 Å². The number of primary amides is 1. The van der Waals surface area contributed by atoms with Crippen LogP contribution >= 0.6 is 0 Å². The van der Waals surface area contributed by atoms with Gasteiger partial charge in [0.2, 0.25) is 5.96 Å². The van der Waals surface area contributed by atoms with E-state index >= 15 is 0 Å². The minimum absolute atomic E-state index is 0.198. The van der Waals surface area contributed by atoms with E-state index in [2.05, 4.69) is 5.10 Å². The summed E-state index contributed by atoms with van der Waals surface area (Å²) >= 11 is 0. The van der Waals surface area contributed by atoms with Crippen LogP contribution in [-0.4, -0.2) is 24.0 Å². The summed E-state index contributed by atoms with van der Waals surface area (Å²) in [4.78, 5) is 10.2. The molecule has 0 aliphatic rings. The summed E-state index contributed by atoms with van der Waals surface area (Å²) in [6.07, 6.45) is 0. The van der Waals surface area contributed by atoms with E-state index < -0.39 is 6.03 Å². The van der Waals surface area contributed by atoms with Crippen molar-refractivity contribution in [3.05, 3.63) is 0 Å². The topological polar surface area (TPSA) is 111 Å². The predicted octanol–water partition coefficient (Wildman–Crippen LogP) is -1.81. The third kappa shape index (κ3) is 3.15. The molecule has 0 saturated carbocycles. The van der Waals surface area contributed by atoms with Crippen molar-refractivity contribution in [1.29, 1.82) is 0 Å². The van der Waals surface area contributed by atoms with Crippen molar-refractivity contribution in [2.24, 2.45) is 22.3 Å². The lowest BCUT2D eigenvalue weighted by Gasteiger charge is -2.05. The zero-order chi connectivity index (χ0) is 7.44. The number of hydrogen-bond acceptors (Lipinski definition) is 2. The van der Waals surface area contributed by atoms with Gasteiger partial charge in [0.15, 0.2) is 0 Å². The van der Waals surface area contributed by atoms with Crippen molar-refractivity contribution >= 4 is 12.0 Å². The van der Waals surface area contributed by atoms with Crippen LogP contribution in [0.15, 0.2) is 5.10 Å². The van der Waals surface area contributed by atoms with Crippen LogP contribution in [0.5, 0.6) is 0 Å². The number of guanidine groups is 1. The molecule has 0 unspecified atom stereocenters. The summed E-state index contributed by atoms with van der Waals surface area (Å²) in [6, 6.07) is -0.705. The summed E-state index contributed by atoms with van der Waals surface area (Å²) < 4.78 is 0.